The SMILES string of the molecule is CN(C)c1cccc(Nc2cc(-c3ccccc3Nc3cccc(NC(=O)c4cccc(S(=O)(=O)N(CCO)CCO)c4)c3)ncn2)c1. The van der Waals surface area contributed by atoms with Crippen molar-refractivity contribution >= 4 is 50.2 Å². The molecule has 5 N–H and O–H groups in total. The van der Waals surface area contributed by atoms with Gasteiger partial charge in [0.15, 0.2) is 0 Å². The number of aromatic nitrogens is 2. The van der Waals surface area contributed by atoms with Gasteiger partial charge in [0.25, 0.3) is 5.91 Å². The van der Waals surface area contributed by atoms with Crippen LogP contribution in [0, 0.1) is 0 Å². The predicted molar refractivity (Wildman–Crippen MR) is 189 cm³/mol. The van der Waals surface area contributed by atoms with Gasteiger partial charge in [-0.15, -0.1) is 0 Å². The number of rotatable bonds is 14. The third-order valence-electron chi connectivity index (χ3n) is 7.34. The Balaban J connectivity index is 1.32. The van der Waals surface area contributed by atoms with Crippen LogP contribution in [-0.2, 0) is 10.0 Å². The molecule has 0 aliphatic heterocycles. The van der Waals surface area contributed by atoms with Crippen molar-refractivity contribution < 1.29 is 23.4 Å². The molecule has 0 bridgehead atoms. The van der Waals surface area contributed by atoms with E-state index < -0.39 is 29.1 Å². The van der Waals surface area contributed by atoms with Crippen molar-refractivity contribution in [2.24, 2.45) is 0 Å². The lowest BCUT2D eigenvalue weighted by Gasteiger charge is -2.20. The van der Waals surface area contributed by atoms with E-state index in [4.69, 9.17) is 0 Å². The molecule has 5 rings (SSSR count). The highest BCUT2D eigenvalue weighted by atomic mass is 32.2. The Morgan fingerprint density at radius 1 is 0.750 bits per heavy atom. The zero-order valence-electron chi connectivity index (χ0n) is 26.5. The van der Waals surface area contributed by atoms with Crippen LogP contribution < -0.4 is 20.9 Å². The van der Waals surface area contributed by atoms with Crippen molar-refractivity contribution in [1.29, 1.82) is 0 Å². The number of aliphatic hydroxyl groups excluding tert-OH is 2. The van der Waals surface area contributed by atoms with E-state index in [1.165, 1.54) is 30.6 Å². The van der Waals surface area contributed by atoms with E-state index in [0.717, 1.165) is 26.9 Å². The maximum atomic E-state index is 13.2. The monoisotopic (exact) mass is 667 g/mol. The molecule has 48 heavy (non-hydrogen) atoms. The van der Waals surface area contributed by atoms with Gasteiger partial charge in [-0.1, -0.05) is 36.4 Å². The number of carbonyl (C=O) groups excluding carboxylic acids is 1. The Morgan fingerprint density at radius 3 is 2.19 bits per heavy atom. The first kappa shape index (κ1) is 34.0. The number of hydrogen-bond donors (Lipinski definition) is 5. The summed E-state index contributed by atoms with van der Waals surface area (Å²) in [5, 5.41) is 28.2. The first-order chi connectivity index (χ1) is 23.2. The second kappa shape index (κ2) is 15.5. The molecular weight excluding hydrogens is 630 g/mol. The Morgan fingerprint density at radius 2 is 1.44 bits per heavy atom. The molecule has 0 aliphatic rings. The van der Waals surface area contributed by atoms with Crippen LogP contribution in [0.5, 0.6) is 0 Å². The molecule has 248 valence electrons. The van der Waals surface area contributed by atoms with Crippen LogP contribution in [0.2, 0.25) is 0 Å². The van der Waals surface area contributed by atoms with Gasteiger partial charge in [0, 0.05) is 72.8 Å². The van der Waals surface area contributed by atoms with Gasteiger partial charge in [-0.05, 0) is 60.7 Å². The number of anilines is 6. The fourth-order valence-electron chi connectivity index (χ4n) is 4.95. The molecule has 0 saturated carbocycles. The quantitative estimate of drug-likeness (QED) is 0.110. The molecule has 1 heterocycles. The number of nitrogens with one attached hydrogen (secondary N) is 3. The van der Waals surface area contributed by atoms with Gasteiger partial charge in [0.1, 0.15) is 12.1 Å². The summed E-state index contributed by atoms with van der Waals surface area (Å²) in [4.78, 5) is 24.0. The highest BCUT2D eigenvalue weighted by Crippen LogP contribution is 2.31. The average Bonchev–Trinajstić information content (AvgIpc) is 3.09. The predicted octanol–water partition coefficient (Wildman–Crippen LogP) is 4.92. The van der Waals surface area contributed by atoms with Crippen LogP contribution in [0.25, 0.3) is 11.3 Å². The normalized spacial score (nSPS) is 11.3. The van der Waals surface area contributed by atoms with E-state index in [0.29, 0.717) is 22.9 Å². The Kier molecular flexibility index (Phi) is 11.0. The largest absolute Gasteiger partial charge is 0.395 e. The van der Waals surface area contributed by atoms with Crippen molar-refractivity contribution in [3.05, 3.63) is 115 Å². The van der Waals surface area contributed by atoms with E-state index in [1.54, 1.807) is 18.2 Å². The molecule has 0 spiro atoms. The molecule has 1 aromatic heterocycles. The molecule has 1 amide bonds. The van der Waals surface area contributed by atoms with E-state index in [1.807, 2.05) is 79.7 Å². The van der Waals surface area contributed by atoms with Crippen LogP contribution in [0.15, 0.2) is 114 Å². The van der Waals surface area contributed by atoms with Crippen molar-refractivity contribution in [1.82, 2.24) is 14.3 Å². The van der Waals surface area contributed by atoms with Crippen LogP contribution in [-0.4, -0.2) is 79.2 Å². The van der Waals surface area contributed by atoms with Gasteiger partial charge in [0.05, 0.1) is 23.8 Å². The third kappa shape index (κ3) is 8.32. The third-order valence-corrected chi connectivity index (χ3v) is 9.23. The lowest BCUT2D eigenvalue weighted by Crippen LogP contribution is -2.36. The fraction of sp³-hybridized carbons (Fsp3) is 0.171. The van der Waals surface area contributed by atoms with Crippen LogP contribution in [0.1, 0.15) is 10.4 Å². The van der Waals surface area contributed by atoms with E-state index in [9.17, 15) is 23.4 Å². The molecule has 0 atom stereocenters. The first-order valence-corrected chi connectivity index (χ1v) is 16.6. The molecular formula is C35H37N7O5S. The zero-order valence-corrected chi connectivity index (χ0v) is 27.4. The van der Waals surface area contributed by atoms with Gasteiger partial charge >= 0.3 is 0 Å². The van der Waals surface area contributed by atoms with Crippen molar-refractivity contribution in [2.45, 2.75) is 4.90 Å². The van der Waals surface area contributed by atoms with Crippen molar-refractivity contribution in [3.8, 4) is 11.3 Å². The summed E-state index contributed by atoms with van der Waals surface area (Å²) in [6, 6.07) is 30.4. The molecule has 0 saturated heterocycles. The number of para-hydroxylation sites is 1. The number of carbonyl (C=O) groups is 1. The van der Waals surface area contributed by atoms with Crippen LogP contribution in [0.4, 0.5) is 34.3 Å². The highest BCUT2D eigenvalue weighted by Gasteiger charge is 2.24. The number of nitrogens with zero attached hydrogens (tertiary/aromatic N) is 4. The van der Waals surface area contributed by atoms with Gasteiger partial charge in [-0.3, -0.25) is 4.79 Å². The molecule has 0 aliphatic carbocycles. The zero-order chi connectivity index (χ0) is 34.1. The molecule has 13 heteroatoms. The van der Waals surface area contributed by atoms with Crippen LogP contribution in [0.3, 0.4) is 0 Å². The van der Waals surface area contributed by atoms with E-state index in [-0.39, 0.29) is 23.5 Å². The number of hydrogen-bond acceptors (Lipinski definition) is 10. The second-order valence-electron chi connectivity index (χ2n) is 10.9. The first-order valence-electron chi connectivity index (χ1n) is 15.1. The molecule has 0 unspecified atom stereocenters. The lowest BCUT2D eigenvalue weighted by molar-refractivity contribution is 0.102. The summed E-state index contributed by atoms with van der Waals surface area (Å²) < 4.78 is 27.1. The van der Waals surface area contributed by atoms with Gasteiger partial charge in [-0.25, -0.2) is 18.4 Å². The number of amides is 1. The number of benzene rings is 4. The summed E-state index contributed by atoms with van der Waals surface area (Å²) in [7, 11) is -0.0655. The summed E-state index contributed by atoms with van der Waals surface area (Å²) in [5.41, 5.74) is 5.62. The topological polar surface area (TPSA) is 160 Å². The average molecular weight is 668 g/mol. The molecule has 4 aromatic carbocycles. The molecule has 5 aromatic rings. The minimum absolute atomic E-state index is 0.116. The second-order valence-corrected chi connectivity index (χ2v) is 12.9. The molecule has 0 fully saturated rings. The van der Waals surface area contributed by atoms with E-state index >= 15 is 0 Å². The van der Waals surface area contributed by atoms with E-state index in [2.05, 4.69) is 25.9 Å². The maximum Gasteiger partial charge on any atom is 0.255 e. The van der Waals surface area contributed by atoms with Gasteiger partial charge in [0.2, 0.25) is 10.0 Å². The molecule has 12 nitrogen and oxygen atoms in total. The lowest BCUT2D eigenvalue weighted by atomic mass is 10.1. The summed E-state index contributed by atoms with van der Waals surface area (Å²) in [6.07, 6.45) is 1.51. The fourth-order valence-corrected chi connectivity index (χ4v) is 6.42. The molecule has 0 radical (unpaired) electrons. The standard InChI is InChI=1S/C35H37N7O5S/c1-41(2)29-12-7-11-28(22-29)39-34-23-33(36-24-37-34)31-14-3-4-15-32(31)38-26-9-6-10-27(21-26)40-35(45)25-8-5-13-30(20-25)48(46,47)42(16-18-43)17-19-44/h3-15,20-24,38,43-44H,16-19H2,1-2H3,(H,40,45)(H,36,37,39). The van der Waals surface area contributed by atoms with Crippen LogP contribution >= 0.6 is 0 Å². The summed E-state index contributed by atoms with van der Waals surface area (Å²) in [5.74, 6) is 0.138. The highest BCUT2D eigenvalue weighted by molar-refractivity contribution is 7.89. The summed E-state index contributed by atoms with van der Waals surface area (Å²) in [6.45, 7) is -1.17. The summed E-state index contributed by atoms with van der Waals surface area (Å²) >= 11 is 0. The van der Waals surface area contributed by atoms with Crippen molar-refractivity contribution in [3.63, 3.8) is 0 Å². The number of aliphatic hydroxyl groups is 2. The van der Waals surface area contributed by atoms with Gasteiger partial charge in [-0.2, -0.15) is 4.31 Å². The Hall–Kier alpha value is -5.34. The van der Waals surface area contributed by atoms with Gasteiger partial charge < -0.3 is 31.1 Å². The minimum atomic E-state index is -4.04. The van der Waals surface area contributed by atoms with Crippen molar-refractivity contribution in [2.75, 3.05) is 61.2 Å². The Bertz CT molecular complexity index is 1980. The number of sulfonamides is 1. The Labute approximate surface area is 279 Å². The minimum Gasteiger partial charge on any atom is -0.395 e. The maximum absolute atomic E-state index is 13.2. The smallest absolute Gasteiger partial charge is 0.255 e.